The molecule has 0 saturated carbocycles. The quantitative estimate of drug-likeness (QED) is 0.556. The predicted molar refractivity (Wildman–Crippen MR) is 114 cm³/mol. The van der Waals surface area contributed by atoms with E-state index in [1.165, 1.54) is 17.3 Å². The van der Waals surface area contributed by atoms with Crippen LogP contribution >= 0.6 is 27.5 Å². The van der Waals surface area contributed by atoms with Crippen molar-refractivity contribution in [2.45, 2.75) is 18.6 Å². The van der Waals surface area contributed by atoms with Crippen LogP contribution in [-0.4, -0.2) is 21.8 Å². The second-order valence-corrected chi connectivity index (χ2v) is 8.16. The van der Waals surface area contributed by atoms with Crippen LogP contribution in [0.5, 0.6) is 0 Å². The minimum Gasteiger partial charge on any atom is -0.375 e. The third-order valence-electron chi connectivity index (χ3n) is 5.00. The second-order valence-electron chi connectivity index (χ2n) is 6.84. The van der Waals surface area contributed by atoms with Crippen LogP contribution in [0.25, 0.3) is 0 Å². The molecule has 0 radical (unpaired) electrons. The standard InChI is InChI=1S/C22H16BrClN2O3/c23-16-5-6-19-17(11-16)22(29,12-20(27)14-7-9-25-10-8-14)21(28)26(19)13-15-3-1-2-4-18(15)24/h1-11,29H,12-13H2/t22-/m0/s1. The highest BCUT2D eigenvalue weighted by molar-refractivity contribution is 9.10. The zero-order valence-corrected chi connectivity index (χ0v) is 17.5. The summed E-state index contributed by atoms with van der Waals surface area (Å²) in [7, 11) is 0. The third-order valence-corrected chi connectivity index (χ3v) is 5.86. The Kier molecular flexibility index (Phi) is 5.25. The molecule has 1 aromatic heterocycles. The lowest BCUT2D eigenvalue weighted by Crippen LogP contribution is -2.41. The number of rotatable bonds is 5. The van der Waals surface area contributed by atoms with E-state index in [2.05, 4.69) is 20.9 Å². The summed E-state index contributed by atoms with van der Waals surface area (Å²) in [5, 5.41) is 11.9. The molecule has 0 fully saturated rings. The van der Waals surface area contributed by atoms with Crippen molar-refractivity contribution in [1.29, 1.82) is 0 Å². The molecular weight excluding hydrogens is 456 g/mol. The number of aromatic nitrogens is 1. The second kappa shape index (κ2) is 7.71. The molecule has 0 aliphatic carbocycles. The molecule has 0 unspecified atom stereocenters. The third kappa shape index (κ3) is 3.59. The summed E-state index contributed by atoms with van der Waals surface area (Å²) >= 11 is 9.66. The van der Waals surface area contributed by atoms with Gasteiger partial charge in [-0.3, -0.25) is 14.6 Å². The number of carbonyl (C=O) groups is 2. The predicted octanol–water partition coefficient (Wildman–Crippen LogP) is 4.50. The van der Waals surface area contributed by atoms with E-state index in [4.69, 9.17) is 11.6 Å². The molecule has 0 spiro atoms. The molecule has 1 aliphatic rings. The highest BCUT2D eigenvalue weighted by Crippen LogP contribution is 2.45. The molecule has 29 heavy (non-hydrogen) atoms. The first kappa shape index (κ1) is 19.8. The molecule has 1 amide bonds. The van der Waals surface area contributed by atoms with Crippen molar-refractivity contribution in [2.75, 3.05) is 4.90 Å². The first-order valence-electron chi connectivity index (χ1n) is 8.91. The highest BCUT2D eigenvalue weighted by atomic mass is 79.9. The number of carbonyl (C=O) groups excluding carboxylic acids is 2. The molecule has 0 saturated heterocycles. The average molecular weight is 472 g/mol. The summed E-state index contributed by atoms with van der Waals surface area (Å²) in [4.78, 5) is 31.5. The van der Waals surface area contributed by atoms with Gasteiger partial charge in [-0.15, -0.1) is 0 Å². The number of benzene rings is 2. The van der Waals surface area contributed by atoms with Crippen LogP contribution in [0, 0.1) is 0 Å². The molecule has 1 N–H and O–H groups in total. The smallest absolute Gasteiger partial charge is 0.264 e. The number of Topliss-reactive ketones (excluding diaryl/α,β-unsaturated/α-hetero) is 1. The van der Waals surface area contributed by atoms with E-state index in [1.54, 1.807) is 36.4 Å². The number of amides is 1. The average Bonchev–Trinajstić information content (AvgIpc) is 2.92. The van der Waals surface area contributed by atoms with Crippen molar-refractivity contribution in [3.05, 3.63) is 93.2 Å². The SMILES string of the molecule is O=C(C[C@@]1(O)C(=O)N(Cc2ccccc2Cl)c2ccc(Br)cc21)c1ccncc1. The Labute approximate surface area is 181 Å². The van der Waals surface area contributed by atoms with Gasteiger partial charge in [-0.05, 0) is 42.0 Å². The lowest BCUT2D eigenvalue weighted by molar-refractivity contribution is -0.136. The van der Waals surface area contributed by atoms with Gasteiger partial charge in [0, 0.05) is 33.0 Å². The Bertz CT molecular complexity index is 1110. The summed E-state index contributed by atoms with van der Waals surface area (Å²) in [6.45, 7) is 0.193. The first-order chi connectivity index (χ1) is 13.9. The summed E-state index contributed by atoms with van der Waals surface area (Å²) in [6.07, 6.45) is 2.64. The molecule has 4 rings (SSSR count). The minimum absolute atomic E-state index is 0.193. The Hall–Kier alpha value is -2.54. The van der Waals surface area contributed by atoms with Gasteiger partial charge < -0.3 is 10.0 Å². The molecular formula is C22H16BrClN2O3. The number of pyridine rings is 1. The van der Waals surface area contributed by atoms with Crippen molar-refractivity contribution in [3.8, 4) is 0 Å². The van der Waals surface area contributed by atoms with Crippen molar-refractivity contribution in [3.63, 3.8) is 0 Å². The molecule has 1 aliphatic heterocycles. The van der Waals surface area contributed by atoms with Gasteiger partial charge in [0.15, 0.2) is 11.4 Å². The summed E-state index contributed by atoms with van der Waals surface area (Å²) in [6, 6.07) is 15.6. The topological polar surface area (TPSA) is 70.5 Å². The summed E-state index contributed by atoms with van der Waals surface area (Å²) in [5.41, 5.74) is 0.138. The van der Waals surface area contributed by atoms with Crippen molar-refractivity contribution < 1.29 is 14.7 Å². The van der Waals surface area contributed by atoms with E-state index in [-0.39, 0.29) is 18.7 Å². The van der Waals surface area contributed by atoms with Crippen LogP contribution in [0.1, 0.15) is 27.9 Å². The van der Waals surface area contributed by atoms with Crippen LogP contribution in [0.15, 0.2) is 71.5 Å². The number of fused-ring (bicyclic) bond motifs is 1. The number of nitrogens with zero attached hydrogens (tertiary/aromatic N) is 2. The molecule has 2 aromatic carbocycles. The van der Waals surface area contributed by atoms with Gasteiger partial charge in [-0.2, -0.15) is 0 Å². The molecule has 1 atom stereocenters. The van der Waals surface area contributed by atoms with E-state index in [1.807, 2.05) is 18.2 Å². The fourth-order valence-corrected chi connectivity index (χ4v) is 4.08. The van der Waals surface area contributed by atoms with Gasteiger partial charge in [0.25, 0.3) is 5.91 Å². The van der Waals surface area contributed by atoms with Crippen LogP contribution in [0.2, 0.25) is 5.02 Å². The number of anilines is 1. The Morgan fingerprint density at radius 1 is 1.14 bits per heavy atom. The molecule has 7 heteroatoms. The zero-order valence-electron chi connectivity index (χ0n) is 15.2. The van der Waals surface area contributed by atoms with Gasteiger partial charge in [0.1, 0.15) is 0 Å². The van der Waals surface area contributed by atoms with Crippen LogP contribution < -0.4 is 4.90 Å². The maximum atomic E-state index is 13.3. The van der Waals surface area contributed by atoms with Gasteiger partial charge in [0.05, 0.1) is 18.7 Å². The normalized spacial score (nSPS) is 18.0. The number of ketones is 1. The Morgan fingerprint density at radius 2 is 1.86 bits per heavy atom. The zero-order chi connectivity index (χ0) is 20.6. The van der Waals surface area contributed by atoms with Gasteiger partial charge in [-0.1, -0.05) is 45.7 Å². The van der Waals surface area contributed by atoms with E-state index < -0.39 is 11.5 Å². The maximum absolute atomic E-state index is 13.3. The minimum atomic E-state index is -1.96. The number of hydrogen-bond donors (Lipinski definition) is 1. The number of hydrogen-bond acceptors (Lipinski definition) is 4. The lowest BCUT2D eigenvalue weighted by Gasteiger charge is -2.23. The molecule has 3 aromatic rings. The fraction of sp³-hybridized carbons (Fsp3) is 0.136. The Morgan fingerprint density at radius 3 is 2.59 bits per heavy atom. The largest absolute Gasteiger partial charge is 0.375 e. The molecule has 0 bridgehead atoms. The highest BCUT2D eigenvalue weighted by Gasteiger charge is 2.51. The van der Waals surface area contributed by atoms with E-state index in [9.17, 15) is 14.7 Å². The molecule has 5 nitrogen and oxygen atoms in total. The van der Waals surface area contributed by atoms with Crippen LogP contribution in [0.3, 0.4) is 0 Å². The van der Waals surface area contributed by atoms with Crippen LogP contribution in [-0.2, 0) is 16.9 Å². The fourth-order valence-electron chi connectivity index (χ4n) is 3.52. The van der Waals surface area contributed by atoms with Crippen LogP contribution in [0.4, 0.5) is 5.69 Å². The summed E-state index contributed by atoms with van der Waals surface area (Å²) < 4.78 is 0.707. The maximum Gasteiger partial charge on any atom is 0.264 e. The summed E-state index contributed by atoms with van der Waals surface area (Å²) in [5.74, 6) is -0.887. The number of halogens is 2. The van der Waals surface area contributed by atoms with Gasteiger partial charge in [-0.25, -0.2) is 0 Å². The first-order valence-corrected chi connectivity index (χ1v) is 10.1. The van der Waals surface area contributed by atoms with E-state index >= 15 is 0 Å². The van der Waals surface area contributed by atoms with Crippen molar-refractivity contribution in [1.82, 2.24) is 4.98 Å². The monoisotopic (exact) mass is 470 g/mol. The van der Waals surface area contributed by atoms with E-state index in [0.29, 0.717) is 26.3 Å². The lowest BCUT2D eigenvalue weighted by atomic mass is 9.88. The molecule has 2 heterocycles. The van der Waals surface area contributed by atoms with Gasteiger partial charge >= 0.3 is 0 Å². The van der Waals surface area contributed by atoms with E-state index in [0.717, 1.165) is 5.56 Å². The van der Waals surface area contributed by atoms with Crippen molar-refractivity contribution >= 4 is 44.9 Å². The Balaban J connectivity index is 1.73. The van der Waals surface area contributed by atoms with Gasteiger partial charge in [0.2, 0.25) is 0 Å². The molecule has 146 valence electrons. The van der Waals surface area contributed by atoms with Crippen molar-refractivity contribution in [2.24, 2.45) is 0 Å². The number of aliphatic hydroxyl groups is 1.